The summed E-state index contributed by atoms with van der Waals surface area (Å²) in [5.41, 5.74) is -0.353. The number of hydrogen-bond donors (Lipinski definition) is 2. The number of hydrogen-bond acceptors (Lipinski definition) is 3. The first-order valence-corrected chi connectivity index (χ1v) is 8.64. The predicted molar refractivity (Wildman–Crippen MR) is 89.8 cm³/mol. The molecule has 0 spiro atoms. The van der Waals surface area contributed by atoms with Gasteiger partial charge in [-0.15, -0.1) is 0 Å². The molecule has 5 nitrogen and oxygen atoms in total. The Kier molecular flexibility index (Phi) is 5.50. The molecular formula is C18H30N2O3. The molecule has 0 aliphatic carbocycles. The van der Waals surface area contributed by atoms with Crippen LogP contribution < -0.4 is 10.6 Å². The number of ether oxygens (including phenoxy) is 1. The van der Waals surface area contributed by atoms with E-state index in [-0.39, 0.29) is 47.3 Å². The molecule has 2 rings (SSSR count). The maximum Gasteiger partial charge on any atom is 0.226 e. The highest BCUT2D eigenvalue weighted by Crippen LogP contribution is 2.38. The quantitative estimate of drug-likeness (QED) is 0.726. The average molecular weight is 322 g/mol. The molecule has 0 aromatic heterocycles. The van der Waals surface area contributed by atoms with Crippen LogP contribution in [0.1, 0.15) is 47.5 Å². The summed E-state index contributed by atoms with van der Waals surface area (Å²) in [7, 11) is 0. The van der Waals surface area contributed by atoms with E-state index in [1.807, 2.05) is 32.9 Å². The Hall–Kier alpha value is -1.36. The second-order valence-electron chi connectivity index (χ2n) is 7.73. The van der Waals surface area contributed by atoms with Crippen LogP contribution in [0.15, 0.2) is 12.2 Å². The average Bonchev–Trinajstić information content (AvgIpc) is 2.78. The molecule has 1 saturated heterocycles. The van der Waals surface area contributed by atoms with Crippen molar-refractivity contribution in [1.82, 2.24) is 10.6 Å². The third-order valence-electron chi connectivity index (χ3n) is 4.73. The van der Waals surface area contributed by atoms with E-state index in [4.69, 9.17) is 4.74 Å². The zero-order chi connectivity index (χ0) is 17.2. The Morgan fingerprint density at radius 3 is 2.61 bits per heavy atom. The Morgan fingerprint density at radius 2 is 1.96 bits per heavy atom. The lowest BCUT2D eigenvalue weighted by Gasteiger charge is -2.32. The van der Waals surface area contributed by atoms with Crippen molar-refractivity contribution in [2.75, 3.05) is 6.54 Å². The van der Waals surface area contributed by atoms with Crippen molar-refractivity contribution in [3.05, 3.63) is 12.2 Å². The first-order valence-electron chi connectivity index (χ1n) is 8.64. The molecular weight excluding hydrogens is 292 g/mol. The van der Waals surface area contributed by atoms with Crippen molar-refractivity contribution in [3.8, 4) is 0 Å². The van der Waals surface area contributed by atoms with Gasteiger partial charge in [0.25, 0.3) is 0 Å². The minimum Gasteiger partial charge on any atom is -0.369 e. The molecule has 0 aromatic rings. The number of carbonyl (C=O) groups excluding carboxylic acids is 2. The molecule has 2 heterocycles. The van der Waals surface area contributed by atoms with Gasteiger partial charge in [-0.1, -0.05) is 32.9 Å². The molecule has 4 atom stereocenters. The summed E-state index contributed by atoms with van der Waals surface area (Å²) < 4.78 is 6.19. The fraction of sp³-hybridized carbons (Fsp3) is 0.778. The lowest BCUT2D eigenvalue weighted by molar-refractivity contribution is -0.132. The topological polar surface area (TPSA) is 67.4 Å². The van der Waals surface area contributed by atoms with Gasteiger partial charge in [0.1, 0.15) is 0 Å². The SMILES string of the molecule is CC1C=CCCNC(=O)C2CC(C)(C)OC2C(C(C)C)NC1=O. The van der Waals surface area contributed by atoms with Crippen molar-refractivity contribution in [2.45, 2.75) is 65.2 Å². The van der Waals surface area contributed by atoms with Crippen molar-refractivity contribution in [3.63, 3.8) is 0 Å². The molecule has 0 saturated carbocycles. The van der Waals surface area contributed by atoms with Gasteiger partial charge in [0, 0.05) is 6.54 Å². The van der Waals surface area contributed by atoms with Crippen LogP contribution in [0.5, 0.6) is 0 Å². The first kappa shape index (κ1) is 18.0. The number of nitrogens with one attached hydrogen (secondary N) is 2. The van der Waals surface area contributed by atoms with E-state index < -0.39 is 0 Å². The predicted octanol–water partition coefficient (Wildman–Crippen LogP) is 2.02. The fourth-order valence-corrected chi connectivity index (χ4v) is 3.43. The summed E-state index contributed by atoms with van der Waals surface area (Å²) >= 11 is 0. The standard InChI is InChI=1S/C18H30N2O3/c1-11(2)14-15-13(10-18(4,5)23-15)17(22)19-9-7-6-8-12(3)16(21)20-14/h6,8,11-15H,7,9-10H2,1-5H3,(H,19,22)(H,20,21). The van der Waals surface area contributed by atoms with E-state index in [1.165, 1.54) is 0 Å². The third-order valence-corrected chi connectivity index (χ3v) is 4.73. The minimum absolute atomic E-state index is 0.00649. The van der Waals surface area contributed by atoms with Crippen molar-refractivity contribution < 1.29 is 14.3 Å². The smallest absolute Gasteiger partial charge is 0.226 e. The van der Waals surface area contributed by atoms with Crippen LogP contribution in [-0.4, -0.2) is 36.1 Å². The van der Waals surface area contributed by atoms with Crippen LogP contribution >= 0.6 is 0 Å². The van der Waals surface area contributed by atoms with Crippen LogP contribution in [0.3, 0.4) is 0 Å². The molecule has 1 fully saturated rings. The van der Waals surface area contributed by atoms with Crippen LogP contribution in [0.25, 0.3) is 0 Å². The van der Waals surface area contributed by atoms with E-state index in [2.05, 4.69) is 24.5 Å². The van der Waals surface area contributed by atoms with Gasteiger partial charge < -0.3 is 15.4 Å². The van der Waals surface area contributed by atoms with E-state index in [9.17, 15) is 9.59 Å². The van der Waals surface area contributed by atoms with Gasteiger partial charge in [-0.25, -0.2) is 0 Å². The van der Waals surface area contributed by atoms with E-state index in [0.717, 1.165) is 6.42 Å². The van der Waals surface area contributed by atoms with E-state index >= 15 is 0 Å². The van der Waals surface area contributed by atoms with Gasteiger partial charge in [0.15, 0.2) is 0 Å². The van der Waals surface area contributed by atoms with Crippen molar-refractivity contribution in [1.29, 1.82) is 0 Å². The summed E-state index contributed by atoms with van der Waals surface area (Å²) in [6.45, 7) is 10.6. The molecule has 0 radical (unpaired) electrons. The molecule has 2 aliphatic rings. The molecule has 2 N–H and O–H groups in total. The Morgan fingerprint density at radius 1 is 1.26 bits per heavy atom. The Bertz CT molecular complexity index is 485. The lowest BCUT2D eigenvalue weighted by atomic mass is 9.86. The highest BCUT2D eigenvalue weighted by atomic mass is 16.5. The second-order valence-corrected chi connectivity index (χ2v) is 7.73. The van der Waals surface area contributed by atoms with E-state index in [1.54, 1.807) is 0 Å². The van der Waals surface area contributed by atoms with E-state index in [0.29, 0.717) is 13.0 Å². The normalized spacial score (nSPS) is 35.0. The largest absolute Gasteiger partial charge is 0.369 e. The van der Waals surface area contributed by atoms with Crippen LogP contribution in [0.4, 0.5) is 0 Å². The summed E-state index contributed by atoms with van der Waals surface area (Å²) in [4.78, 5) is 25.0. The summed E-state index contributed by atoms with van der Waals surface area (Å²) in [5.74, 6) is -0.196. The Labute approximate surface area is 139 Å². The summed E-state index contributed by atoms with van der Waals surface area (Å²) in [6, 6.07) is -0.171. The van der Waals surface area contributed by atoms with Crippen LogP contribution in [0.2, 0.25) is 0 Å². The van der Waals surface area contributed by atoms with Gasteiger partial charge in [-0.2, -0.15) is 0 Å². The molecule has 2 aliphatic heterocycles. The Balaban J connectivity index is 2.32. The lowest BCUT2D eigenvalue weighted by Crippen LogP contribution is -2.52. The molecule has 0 aromatic carbocycles. The monoisotopic (exact) mass is 322 g/mol. The highest BCUT2D eigenvalue weighted by Gasteiger charge is 2.48. The maximum absolute atomic E-state index is 12.6. The highest BCUT2D eigenvalue weighted by molar-refractivity contribution is 5.82. The number of amides is 2. The zero-order valence-corrected chi connectivity index (χ0v) is 14.9. The first-order chi connectivity index (χ1) is 10.7. The second kappa shape index (κ2) is 7.04. The van der Waals surface area contributed by atoms with Gasteiger partial charge in [-0.3, -0.25) is 9.59 Å². The third kappa shape index (κ3) is 4.34. The molecule has 0 bridgehead atoms. The molecule has 2 amide bonds. The van der Waals surface area contributed by atoms with Gasteiger partial charge in [0.2, 0.25) is 11.8 Å². The number of fused-ring (bicyclic) bond motifs is 1. The molecule has 23 heavy (non-hydrogen) atoms. The zero-order valence-electron chi connectivity index (χ0n) is 14.9. The molecule has 130 valence electrons. The van der Waals surface area contributed by atoms with Crippen molar-refractivity contribution >= 4 is 11.8 Å². The van der Waals surface area contributed by atoms with Gasteiger partial charge in [-0.05, 0) is 32.6 Å². The van der Waals surface area contributed by atoms with Gasteiger partial charge in [0.05, 0.1) is 29.6 Å². The van der Waals surface area contributed by atoms with Crippen molar-refractivity contribution in [2.24, 2.45) is 17.8 Å². The number of carbonyl (C=O) groups is 2. The summed E-state index contributed by atoms with van der Waals surface area (Å²) in [6.07, 6.45) is 4.98. The molecule has 5 heteroatoms. The van der Waals surface area contributed by atoms with Crippen LogP contribution in [0, 0.1) is 17.8 Å². The number of rotatable bonds is 1. The van der Waals surface area contributed by atoms with Crippen LogP contribution in [-0.2, 0) is 14.3 Å². The summed E-state index contributed by atoms with van der Waals surface area (Å²) in [5, 5.41) is 6.13. The fourth-order valence-electron chi connectivity index (χ4n) is 3.43. The minimum atomic E-state index is -0.353. The maximum atomic E-state index is 12.6. The van der Waals surface area contributed by atoms with Gasteiger partial charge >= 0.3 is 0 Å². The molecule has 4 unspecified atom stereocenters.